The molecule has 2 fully saturated rings. The van der Waals surface area contributed by atoms with Crippen molar-refractivity contribution in [2.24, 2.45) is 0 Å². The molecule has 88 valence electrons. The molecule has 1 saturated heterocycles. The molecule has 0 radical (unpaired) electrons. The fourth-order valence-corrected chi connectivity index (χ4v) is 3.09. The van der Waals surface area contributed by atoms with Gasteiger partial charge in [-0.05, 0) is 45.6 Å². The summed E-state index contributed by atoms with van der Waals surface area (Å²) < 4.78 is 2.45. The molecule has 1 aliphatic carbocycles. The molecule has 1 aromatic rings. The van der Waals surface area contributed by atoms with Crippen LogP contribution in [0.4, 0.5) is 0 Å². The Balaban J connectivity index is 1.86. The molecule has 0 bridgehead atoms. The summed E-state index contributed by atoms with van der Waals surface area (Å²) in [5.74, 6) is 0.675. The van der Waals surface area contributed by atoms with E-state index in [1.54, 1.807) is 0 Å². The first-order chi connectivity index (χ1) is 7.80. The highest BCUT2D eigenvalue weighted by atomic mass is 15.1. The first-order valence-electron chi connectivity index (χ1n) is 6.53. The summed E-state index contributed by atoms with van der Waals surface area (Å²) in [4.78, 5) is 4.38. The van der Waals surface area contributed by atoms with Gasteiger partial charge in [-0.2, -0.15) is 0 Å². The zero-order valence-electron chi connectivity index (χ0n) is 10.1. The molecule has 0 spiro atoms. The van der Waals surface area contributed by atoms with Gasteiger partial charge in [0.05, 0.1) is 6.33 Å². The number of hydrogen-bond donors (Lipinski definition) is 1. The third-order valence-corrected chi connectivity index (χ3v) is 4.39. The van der Waals surface area contributed by atoms with Crippen molar-refractivity contribution in [1.82, 2.24) is 14.9 Å². The Kier molecular flexibility index (Phi) is 2.51. The first-order valence-corrected chi connectivity index (χ1v) is 6.53. The second kappa shape index (κ2) is 3.88. The molecule has 3 nitrogen and oxygen atoms in total. The summed E-state index contributed by atoms with van der Waals surface area (Å²) in [6.07, 6.45) is 10.7. The predicted octanol–water partition coefficient (Wildman–Crippen LogP) is 2.25. The van der Waals surface area contributed by atoms with Gasteiger partial charge in [-0.25, -0.2) is 4.98 Å². The number of aromatic nitrogens is 2. The number of imidazole rings is 1. The van der Waals surface area contributed by atoms with Crippen LogP contribution in [0.3, 0.4) is 0 Å². The summed E-state index contributed by atoms with van der Waals surface area (Å²) in [7, 11) is 0. The summed E-state index contributed by atoms with van der Waals surface area (Å²) in [5.41, 5.74) is 1.82. The zero-order valence-corrected chi connectivity index (χ0v) is 10.1. The number of rotatable bonds is 2. The molecule has 2 aliphatic rings. The van der Waals surface area contributed by atoms with Gasteiger partial charge in [-0.1, -0.05) is 0 Å². The lowest BCUT2D eigenvalue weighted by Crippen LogP contribution is -2.39. The van der Waals surface area contributed by atoms with E-state index < -0.39 is 0 Å². The average molecular weight is 219 g/mol. The van der Waals surface area contributed by atoms with Crippen LogP contribution in [0.1, 0.15) is 50.6 Å². The molecule has 3 rings (SSSR count). The largest absolute Gasteiger partial charge is 0.328 e. The van der Waals surface area contributed by atoms with E-state index >= 15 is 0 Å². The third-order valence-electron chi connectivity index (χ3n) is 4.39. The normalized spacial score (nSPS) is 28.7. The molecular formula is C13H21N3. The number of nitrogens with zero attached hydrogens (tertiary/aromatic N) is 2. The van der Waals surface area contributed by atoms with Crippen LogP contribution < -0.4 is 5.32 Å². The molecule has 1 saturated carbocycles. The second-order valence-electron chi connectivity index (χ2n) is 5.58. The molecule has 2 heterocycles. The average Bonchev–Trinajstić information content (AvgIpc) is 2.76. The van der Waals surface area contributed by atoms with Gasteiger partial charge in [0.15, 0.2) is 0 Å². The Morgan fingerprint density at radius 3 is 2.94 bits per heavy atom. The van der Waals surface area contributed by atoms with Crippen molar-refractivity contribution in [3.8, 4) is 0 Å². The fraction of sp³-hybridized carbons (Fsp3) is 0.769. The van der Waals surface area contributed by atoms with E-state index in [9.17, 15) is 0 Å². The minimum atomic E-state index is 0.364. The minimum Gasteiger partial charge on any atom is -0.328 e. The highest BCUT2D eigenvalue weighted by molar-refractivity contribution is 5.13. The molecule has 16 heavy (non-hydrogen) atoms. The first kappa shape index (κ1) is 10.3. The van der Waals surface area contributed by atoms with Gasteiger partial charge >= 0.3 is 0 Å². The van der Waals surface area contributed by atoms with Gasteiger partial charge in [-0.3, -0.25) is 0 Å². The van der Waals surface area contributed by atoms with E-state index in [-0.39, 0.29) is 0 Å². The van der Waals surface area contributed by atoms with Crippen LogP contribution >= 0.6 is 0 Å². The maximum atomic E-state index is 4.38. The van der Waals surface area contributed by atoms with Crippen molar-refractivity contribution in [2.75, 3.05) is 13.1 Å². The predicted molar refractivity (Wildman–Crippen MR) is 64.6 cm³/mol. The Morgan fingerprint density at radius 1 is 1.44 bits per heavy atom. The van der Waals surface area contributed by atoms with E-state index in [0.29, 0.717) is 11.5 Å². The smallest absolute Gasteiger partial charge is 0.0953 e. The summed E-state index contributed by atoms with van der Waals surface area (Å²) in [5, 5.41) is 3.50. The minimum absolute atomic E-state index is 0.364. The van der Waals surface area contributed by atoms with Gasteiger partial charge in [0.25, 0.3) is 0 Å². The van der Waals surface area contributed by atoms with Gasteiger partial charge in [0, 0.05) is 29.9 Å². The third kappa shape index (κ3) is 1.58. The molecule has 1 N–H and O–H groups in total. The van der Waals surface area contributed by atoms with Crippen molar-refractivity contribution in [3.63, 3.8) is 0 Å². The molecule has 1 aromatic heterocycles. The summed E-state index contributed by atoms with van der Waals surface area (Å²) in [6.45, 7) is 4.68. The van der Waals surface area contributed by atoms with E-state index in [1.165, 1.54) is 44.3 Å². The van der Waals surface area contributed by atoms with Crippen molar-refractivity contribution in [3.05, 3.63) is 18.2 Å². The van der Waals surface area contributed by atoms with Crippen LogP contribution in [0, 0.1) is 0 Å². The van der Waals surface area contributed by atoms with Crippen molar-refractivity contribution < 1.29 is 0 Å². The van der Waals surface area contributed by atoms with E-state index in [2.05, 4.69) is 28.0 Å². The van der Waals surface area contributed by atoms with Crippen molar-refractivity contribution in [1.29, 1.82) is 0 Å². The van der Waals surface area contributed by atoms with E-state index in [0.717, 1.165) is 6.54 Å². The molecule has 3 heteroatoms. The molecule has 0 aromatic carbocycles. The molecule has 1 aliphatic heterocycles. The Bertz CT molecular complexity index is 359. The standard InChI is InChI=1S/C13H21N3/c1-13(5-3-6-13)16-10-15-9-12(16)11-4-2-7-14-8-11/h9-11,14H,2-8H2,1H3. The quantitative estimate of drug-likeness (QED) is 0.826. The van der Waals surface area contributed by atoms with Crippen LogP contribution in [0.2, 0.25) is 0 Å². The van der Waals surface area contributed by atoms with Crippen molar-refractivity contribution >= 4 is 0 Å². The van der Waals surface area contributed by atoms with Gasteiger partial charge in [0.2, 0.25) is 0 Å². The van der Waals surface area contributed by atoms with Gasteiger partial charge in [-0.15, -0.1) is 0 Å². The number of nitrogens with one attached hydrogen (secondary N) is 1. The van der Waals surface area contributed by atoms with Crippen LogP contribution in [0.25, 0.3) is 0 Å². The second-order valence-corrected chi connectivity index (χ2v) is 5.58. The van der Waals surface area contributed by atoms with Gasteiger partial charge in [0.1, 0.15) is 0 Å². The molecule has 1 unspecified atom stereocenters. The molecular weight excluding hydrogens is 198 g/mol. The summed E-state index contributed by atoms with van der Waals surface area (Å²) >= 11 is 0. The maximum Gasteiger partial charge on any atom is 0.0953 e. The lowest BCUT2D eigenvalue weighted by molar-refractivity contribution is 0.160. The summed E-state index contributed by atoms with van der Waals surface area (Å²) in [6, 6.07) is 0. The monoisotopic (exact) mass is 219 g/mol. The maximum absolute atomic E-state index is 4.38. The van der Waals surface area contributed by atoms with Crippen LogP contribution in [0.15, 0.2) is 12.5 Å². The van der Waals surface area contributed by atoms with Crippen LogP contribution in [-0.2, 0) is 5.54 Å². The Labute approximate surface area is 97.3 Å². The van der Waals surface area contributed by atoms with Crippen LogP contribution in [0.5, 0.6) is 0 Å². The fourth-order valence-electron chi connectivity index (χ4n) is 3.09. The highest BCUT2D eigenvalue weighted by Crippen LogP contribution is 2.41. The zero-order chi connectivity index (χ0) is 11.0. The Morgan fingerprint density at radius 2 is 2.31 bits per heavy atom. The highest BCUT2D eigenvalue weighted by Gasteiger charge is 2.36. The van der Waals surface area contributed by atoms with Gasteiger partial charge < -0.3 is 9.88 Å². The molecule has 1 atom stereocenters. The lowest BCUT2D eigenvalue weighted by atomic mass is 9.77. The Hall–Kier alpha value is -0.830. The lowest BCUT2D eigenvalue weighted by Gasteiger charge is -2.42. The topological polar surface area (TPSA) is 29.9 Å². The van der Waals surface area contributed by atoms with E-state index in [4.69, 9.17) is 0 Å². The SMILES string of the molecule is CC1(n2cncc2C2CCCNC2)CCC1. The van der Waals surface area contributed by atoms with Crippen LogP contribution in [-0.4, -0.2) is 22.6 Å². The van der Waals surface area contributed by atoms with Crippen molar-refractivity contribution in [2.45, 2.75) is 50.5 Å². The molecule has 0 amide bonds. The number of hydrogen-bond acceptors (Lipinski definition) is 2. The number of piperidine rings is 1. The van der Waals surface area contributed by atoms with E-state index in [1.807, 2.05) is 6.33 Å².